The molecule has 1 amide bonds. The standard InChI is InChI=1S/C20H25ClN6OS/c1-14(26(2)3)18-24-25-19(27(18)16-8-6-15(21)7-9-16)29-12-17(28)23-20(13-22)10-4-5-11-20/h6-9,14H,4-5,10-12H2,1-3H3,(H,23,28). The summed E-state index contributed by atoms with van der Waals surface area (Å²) in [5.74, 6) is 0.793. The van der Waals surface area contributed by atoms with Crippen molar-refractivity contribution < 1.29 is 4.79 Å². The van der Waals surface area contributed by atoms with E-state index in [9.17, 15) is 10.1 Å². The first-order chi connectivity index (χ1) is 13.8. The van der Waals surface area contributed by atoms with Crippen LogP contribution in [0.4, 0.5) is 0 Å². The SMILES string of the molecule is CC(c1nnc(SCC(=O)NC2(C#N)CCCC2)n1-c1ccc(Cl)cc1)N(C)C. The maximum absolute atomic E-state index is 12.5. The molecule has 1 aromatic heterocycles. The molecule has 0 saturated heterocycles. The Hall–Kier alpha value is -2.08. The maximum atomic E-state index is 12.5. The molecule has 1 unspecified atom stereocenters. The molecule has 1 atom stereocenters. The molecule has 1 aliphatic carbocycles. The molecule has 0 radical (unpaired) electrons. The van der Waals surface area contributed by atoms with Crippen LogP contribution in [0, 0.1) is 11.3 Å². The topological polar surface area (TPSA) is 86.8 Å². The summed E-state index contributed by atoms with van der Waals surface area (Å²) < 4.78 is 1.95. The number of nitriles is 1. The molecule has 1 aromatic carbocycles. The Bertz CT molecular complexity index is 899. The monoisotopic (exact) mass is 432 g/mol. The zero-order valence-corrected chi connectivity index (χ0v) is 18.4. The van der Waals surface area contributed by atoms with E-state index in [0.717, 1.165) is 24.4 Å². The van der Waals surface area contributed by atoms with Gasteiger partial charge in [0.15, 0.2) is 11.0 Å². The number of thioether (sulfide) groups is 1. The predicted molar refractivity (Wildman–Crippen MR) is 114 cm³/mol. The second kappa shape index (κ2) is 9.16. The van der Waals surface area contributed by atoms with E-state index in [1.54, 1.807) is 0 Å². The van der Waals surface area contributed by atoms with E-state index in [2.05, 4.69) is 21.6 Å². The van der Waals surface area contributed by atoms with Gasteiger partial charge < -0.3 is 5.32 Å². The summed E-state index contributed by atoms with van der Waals surface area (Å²) in [6, 6.07) is 9.77. The van der Waals surface area contributed by atoms with E-state index in [1.165, 1.54) is 11.8 Å². The molecule has 9 heteroatoms. The molecule has 1 saturated carbocycles. The number of hydrogen-bond donors (Lipinski definition) is 1. The first-order valence-corrected chi connectivity index (χ1v) is 10.9. The van der Waals surface area contributed by atoms with E-state index >= 15 is 0 Å². The Morgan fingerprint density at radius 3 is 2.59 bits per heavy atom. The van der Waals surface area contributed by atoms with Crippen LogP contribution in [0.1, 0.15) is 44.5 Å². The van der Waals surface area contributed by atoms with Crippen molar-refractivity contribution in [2.75, 3.05) is 19.8 Å². The number of rotatable bonds is 7. The fourth-order valence-corrected chi connectivity index (χ4v) is 4.27. The first kappa shape index (κ1) is 21.6. The lowest BCUT2D eigenvalue weighted by Crippen LogP contribution is -2.45. The van der Waals surface area contributed by atoms with Crippen LogP contribution in [0.2, 0.25) is 5.02 Å². The van der Waals surface area contributed by atoms with E-state index in [4.69, 9.17) is 11.6 Å². The van der Waals surface area contributed by atoms with Crippen LogP contribution in [0.5, 0.6) is 0 Å². The van der Waals surface area contributed by atoms with Gasteiger partial charge in [0.1, 0.15) is 5.54 Å². The van der Waals surface area contributed by atoms with Crippen LogP contribution in [0.3, 0.4) is 0 Å². The van der Waals surface area contributed by atoms with Gasteiger partial charge in [-0.15, -0.1) is 10.2 Å². The Morgan fingerprint density at radius 1 is 1.34 bits per heavy atom. The summed E-state index contributed by atoms with van der Waals surface area (Å²) in [7, 11) is 3.96. The molecular weight excluding hydrogens is 408 g/mol. The van der Waals surface area contributed by atoms with Crippen LogP contribution in [0.25, 0.3) is 5.69 Å². The van der Waals surface area contributed by atoms with Gasteiger partial charge in [0.2, 0.25) is 5.91 Å². The molecule has 7 nitrogen and oxygen atoms in total. The quantitative estimate of drug-likeness (QED) is 0.673. The lowest BCUT2D eigenvalue weighted by molar-refractivity contribution is -0.119. The van der Waals surface area contributed by atoms with Gasteiger partial charge in [-0.05, 0) is 71.0 Å². The number of amides is 1. The third-order valence-electron chi connectivity index (χ3n) is 5.27. The highest BCUT2D eigenvalue weighted by Crippen LogP contribution is 2.30. The molecule has 1 heterocycles. The van der Waals surface area contributed by atoms with Gasteiger partial charge in [-0.3, -0.25) is 14.3 Å². The Kier molecular flexibility index (Phi) is 6.83. The first-order valence-electron chi connectivity index (χ1n) is 9.58. The normalized spacial score (nSPS) is 16.6. The van der Waals surface area contributed by atoms with Crippen molar-refractivity contribution in [1.29, 1.82) is 5.26 Å². The van der Waals surface area contributed by atoms with E-state index in [-0.39, 0.29) is 17.7 Å². The van der Waals surface area contributed by atoms with Crippen LogP contribution >= 0.6 is 23.4 Å². The second-order valence-corrected chi connectivity index (χ2v) is 8.91. The van der Waals surface area contributed by atoms with Gasteiger partial charge in [0.25, 0.3) is 0 Å². The van der Waals surface area contributed by atoms with Crippen molar-refractivity contribution >= 4 is 29.3 Å². The number of hydrogen-bond acceptors (Lipinski definition) is 6. The Morgan fingerprint density at radius 2 is 2.00 bits per heavy atom. The van der Waals surface area contributed by atoms with Gasteiger partial charge in [0, 0.05) is 10.7 Å². The number of nitrogens with one attached hydrogen (secondary N) is 1. The molecule has 1 N–H and O–H groups in total. The number of halogens is 1. The molecular formula is C20H25ClN6OS. The summed E-state index contributed by atoms with van der Waals surface area (Å²) in [5.41, 5.74) is 0.168. The van der Waals surface area contributed by atoms with Gasteiger partial charge in [-0.1, -0.05) is 23.4 Å². The molecule has 3 rings (SSSR count). The molecule has 29 heavy (non-hydrogen) atoms. The minimum Gasteiger partial charge on any atom is -0.337 e. The maximum Gasteiger partial charge on any atom is 0.231 e. The average molecular weight is 433 g/mol. The lowest BCUT2D eigenvalue weighted by atomic mass is 10.0. The minimum atomic E-state index is -0.716. The van der Waals surface area contributed by atoms with Crippen LogP contribution in [-0.4, -0.2) is 51.0 Å². The van der Waals surface area contributed by atoms with Crippen molar-refractivity contribution in [1.82, 2.24) is 25.0 Å². The predicted octanol–water partition coefficient (Wildman–Crippen LogP) is 3.59. The number of carbonyl (C=O) groups is 1. The number of aromatic nitrogens is 3. The van der Waals surface area contributed by atoms with Crippen molar-refractivity contribution in [2.45, 2.75) is 49.3 Å². The van der Waals surface area contributed by atoms with Crippen molar-refractivity contribution in [2.24, 2.45) is 0 Å². The number of carbonyl (C=O) groups excluding carboxylic acids is 1. The Balaban J connectivity index is 1.81. The summed E-state index contributed by atoms with van der Waals surface area (Å²) in [6.45, 7) is 2.05. The summed E-state index contributed by atoms with van der Waals surface area (Å²) in [4.78, 5) is 14.6. The van der Waals surface area contributed by atoms with Crippen LogP contribution in [0.15, 0.2) is 29.4 Å². The number of benzene rings is 1. The van der Waals surface area contributed by atoms with Gasteiger partial charge in [-0.2, -0.15) is 5.26 Å². The minimum absolute atomic E-state index is 0.0294. The zero-order valence-electron chi connectivity index (χ0n) is 16.9. The van der Waals surface area contributed by atoms with E-state index in [0.29, 0.717) is 23.0 Å². The van der Waals surface area contributed by atoms with Crippen molar-refractivity contribution in [3.8, 4) is 11.8 Å². The van der Waals surface area contributed by atoms with Crippen LogP contribution in [-0.2, 0) is 4.79 Å². The van der Waals surface area contributed by atoms with Gasteiger partial charge >= 0.3 is 0 Å². The lowest BCUT2D eigenvalue weighted by Gasteiger charge is -2.22. The molecule has 1 fully saturated rings. The highest BCUT2D eigenvalue weighted by atomic mass is 35.5. The van der Waals surface area contributed by atoms with E-state index in [1.807, 2.05) is 54.8 Å². The van der Waals surface area contributed by atoms with Gasteiger partial charge in [0.05, 0.1) is 17.9 Å². The zero-order chi connectivity index (χ0) is 21.0. The smallest absolute Gasteiger partial charge is 0.231 e. The molecule has 0 spiro atoms. The van der Waals surface area contributed by atoms with Gasteiger partial charge in [-0.25, -0.2) is 0 Å². The Labute approximate surface area is 180 Å². The average Bonchev–Trinajstić information content (AvgIpc) is 3.34. The molecule has 2 aromatic rings. The third kappa shape index (κ3) is 4.92. The molecule has 1 aliphatic rings. The molecule has 154 valence electrons. The summed E-state index contributed by atoms with van der Waals surface area (Å²) in [6.07, 6.45) is 3.37. The third-order valence-corrected chi connectivity index (χ3v) is 6.45. The van der Waals surface area contributed by atoms with E-state index < -0.39 is 5.54 Å². The number of nitrogens with zero attached hydrogens (tertiary/aromatic N) is 5. The highest BCUT2D eigenvalue weighted by Gasteiger charge is 2.35. The fraction of sp³-hybridized carbons (Fsp3) is 0.500. The van der Waals surface area contributed by atoms with Crippen molar-refractivity contribution in [3.63, 3.8) is 0 Å². The molecule has 0 bridgehead atoms. The van der Waals surface area contributed by atoms with Crippen LogP contribution < -0.4 is 5.32 Å². The second-order valence-electron chi connectivity index (χ2n) is 7.53. The van der Waals surface area contributed by atoms with Crippen molar-refractivity contribution in [3.05, 3.63) is 35.1 Å². The molecule has 0 aliphatic heterocycles. The highest BCUT2D eigenvalue weighted by molar-refractivity contribution is 7.99. The fourth-order valence-electron chi connectivity index (χ4n) is 3.39. The largest absolute Gasteiger partial charge is 0.337 e. The summed E-state index contributed by atoms with van der Waals surface area (Å²) >= 11 is 7.36. The summed E-state index contributed by atoms with van der Waals surface area (Å²) in [5, 5.41) is 22.4.